The first-order valence-electron chi connectivity index (χ1n) is 5.45. The third kappa shape index (κ3) is 2.98. The normalized spacial score (nSPS) is 21.3. The molecule has 1 N–H and O–H groups in total. The summed E-state index contributed by atoms with van der Waals surface area (Å²) in [5.41, 5.74) is 0. The van der Waals surface area contributed by atoms with Crippen LogP contribution < -0.4 is 5.32 Å². The zero-order valence-electron chi connectivity index (χ0n) is 8.91. The lowest BCUT2D eigenvalue weighted by Crippen LogP contribution is -2.30. The summed E-state index contributed by atoms with van der Waals surface area (Å²) in [4.78, 5) is 12.6. The maximum absolute atomic E-state index is 12.7. The average molecular weight is 239 g/mol. The van der Waals surface area contributed by atoms with Crippen molar-refractivity contribution in [3.8, 4) is 0 Å². The second-order valence-corrected chi connectivity index (χ2v) is 5.12. The highest BCUT2D eigenvalue weighted by atomic mass is 32.2. The predicted octanol–water partition coefficient (Wildman–Crippen LogP) is 2.59. The Balaban J connectivity index is 2.02. The van der Waals surface area contributed by atoms with E-state index in [0.717, 1.165) is 30.7 Å². The summed E-state index contributed by atoms with van der Waals surface area (Å²) in [5, 5.41) is 2.86. The van der Waals surface area contributed by atoms with Gasteiger partial charge in [0.15, 0.2) is 0 Å². The van der Waals surface area contributed by atoms with E-state index in [0.29, 0.717) is 0 Å². The van der Waals surface area contributed by atoms with Crippen LogP contribution in [0, 0.1) is 5.82 Å². The first-order valence-corrected chi connectivity index (χ1v) is 6.33. The molecule has 0 spiro atoms. The first kappa shape index (κ1) is 11.5. The van der Waals surface area contributed by atoms with E-state index >= 15 is 0 Å². The fourth-order valence-corrected chi connectivity index (χ4v) is 2.80. The van der Waals surface area contributed by atoms with Crippen LogP contribution in [0.25, 0.3) is 0 Å². The van der Waals surface area contributed by atoms with Gasteiger partial charge in [-0.1, -0.05) is 6.42 Å². The highest BCUT2D eigenvalue weighted by molar-refractivity contribution is 8.00. The summed E-state index contributed by atoms with van der Waals surface area (Å²) in [6, 6.07) is 6.30. The smallest absolute Gasteiger partial charge is 0.233 e. The summed E-state index contributed by atoms with van der Waals surface area (Å²) >= 11 is 1.52. The minimum atomic E-state index is -0.241. The van der Waals surface area contributed by atoms with Crippen LogP contribution in [0.2, 0.25) is 0 Å². The molecule has 0 aliphatic carbocycles. The van der Waals surface area contributed by atoms with Crippen LogP contribution >= 0.6 is 11.8 Å². The summed E-state index contributed by atoms with van der Waals surface area (Å²) in [5.74, 6) is -0.138. The Morgan fingerprint density at radius 2 is 2.00 bits per heavy atom. The van der Waals surface area contributed by atoms with E-state index in [1.165, 1.54) is 23.9 Å². The summed E-state index contributed by atoms with van der Waals surface area (Å²) in [6.45, 7) is 0.777. The third-order valence-corrected chi connectivity index (χ3v) is 3.86. The summed E-state index contributed by atoms with van der Waals surface area (Å²) in [7, 11) is 0. The van der Waals surface area contributed by atoms with Crippen molar-refractivity contribution in [2.45, 2.75) is 29.4 Å². The van der Waals surface area contributed by atoms with Gasteiger partial charge >= 0.3 is 0 Å². The SMILES string of the molecule is O=C1NCCCCC1Sc1ccc(F)cc1. The van der Waals surface area contributed by atoms with E-state index in [4.69, 9.17) is 0 Å². The molecule has 86 valence electrons. The molecule has 1 amide bonds. The predicted molar refractivity (Wildman–Crippen MR) is 62.9 cm³/mol. The minimum Gasteiger partial charge on any atom is -0.355 e. The van der Waals surface area contributed by atoms with Gasteiger partial charge in [-0.25, -0.2) is 4.39 Å². The second kappa shape index (κ2) is 5.34. The lowest BCUT2D eigenvalue weighted by molar-refractivity contribution is -0.120. The number of hydrogen-bond acceptors (Lipinski definition) is 2. The van der Waals surface area contributed by atoms with Gasteiger partial charge in [0, 0.05) is 11.4 Å². The van der Waals surface area contributed by atoms with Crippen LogP contribution in [0.1, 0.15) is 19.3 Å². The number of hydrogen-bond donors (Lipinski definition) is 1. The number of rotatable bonds is 2. The first-order chi connectivity index (χ1) is 7.75. The van der Waals surface area contributed by atoms with Crippen molar-refractivity contribution in [1.82, 2.24) is 5.32 Å². The molecule has 1 aliphatic rings. The molecule has 2 nitrogen and oxygen atoms in total. The van der Waals surface area contributed by atoms with Crippen molar-refractivity contribution >= 4 is 17.7 Å². The molecule has 1 aromatic rings. The molecule has 1 heterocycles. The van der Waals surface area contributed by atoms with E-state index < -0.39 is 0 Å². The lowest BCUT2D eigenvalue weighted by Gasteiger charge is -2.12. The van der Waals surface area contributed by atoms with Gasteiger partial charge in [0.25, 0.3) is 0 Å². The van der Waals surface area contributed by atoms with Crippen molar-refractivity contribution in [3.63, 3.8) is 0 Å². The fourth-order valence-electron chi connectivity index (χ4n) is 1.70. The van der Waals surface area contributed by atoms with E-state index in [1.807, 2.05) is 0 Å². The Labute approximate surface area is 98.6 Å². The number of nitrogens with one attached hydrogen (secondary N) is 1. The minimum absolute atomic E-state index is 0.0343. The number of halogens is 1. The van der Waals surface area contributed by atoms with Gasteiger partial charge in [0.2, 0.25) is 5.91 Å². The molecule has 1 unspecified atom stereocenters. The largest absolute Gasteiger partial charge is 0.355 e. The molecular weight excluding hydrogens is 225 g/mol. The average Bonchev–Trinajstić information content (AvgIpc) is 2.48. The van der Waals surface area contributed by atoms with Gasteiger partial charge in [-0.2, -0.15) is 0 Å². The van der Waals surface area contributed by atoms with Crippen LogP contribution in [0.4, 0.5) is 4.39 Å². The Bertz CT molecular complexity index is 366. The van der Waals surface area contributed by atoms with Crippen LogP contribution in [-0.4, -0.2) is 17.7 Å². The molecule has 0 aromatic heterocycles. The Morgan fingerprint density at radius 3 is 2.75 bits per heavy atom. The third-order valence-electron chi connectivity index (χ3n) is 2.58. The zero-order chi connectivity index (χ0) is 11.4. The van der Waals surface area contributed by atoms with Crippen LogP contribution in [0.5, 0.6) is 0 Å². The van der Waals surface area contributed by atoms with E-state index in [2.05, 4.69) is 5.32 Å². The van der Waals surface area contributed by atoms with E-state index in [1.54, 1.807) is 12.1 Å². The van der Waals surface area contributed by atoms with Gasteiger partial charge in [-0.3, -0.25) is 4.79 Å². The maximum Gasteiger partial charge on any atom is 0.233 e. The van der Waals surface area contributed by atoms with E-state index in [-0.39, 0.29) is 17.0 Å². The number of thioether (sulfide) groups is 1. The van der Waals surface area contributed by atoms with Crippen molar-refractivity contribution in [2.24, 2.45) is 0 Å². The Morgan fingerprint density at radius 1 is 1.25 bits per heavy atom. The molecule has 1 atom stereocenters. The topological polar surface area (TPSA) is 29.1 Å². The molecule has 1 fully saturated rings. The summed E-state index contributed by atoms with van der Waals surface area (Å²) in [6.07, 6.45) is 3.01. The molecular formula is C12H14FNOS. The van der Waals surface area contributed by atoms with Gasteiger partial charge in [-0.15, -0.1) is 11.8 Å². The van der Waals surface area contributed by atoms with Crippen molar-refractivity contribution in [2.75, 3.05) is 6.54 Å². The van der Waals surface area contributed by atoms with Gasteiger partial charge < -0.3 is 5.32 Å². The Hall–Kier alpha value is -1.03. The van der Waals surface area contributed by atoms with Crippen molar-refractivity contribution < 1.29 is 9.18 Å². The van der Waals surface area contributed by atoms with Crippen LogP contribution in [0.3, 0.4) is 0 Å². The number of carbonyl (C=O) groups excluding carboxylic acids is 1. The van der Waals surface area contributed by atoms with Gasteiger partial charge in [0.1, 0.15) is 5.82 Å². The number of amides is 1. The highest BCUT2D eigenvalue weighted by Gasteiger charge is 2.21. The molecule has 0 bridgehead atoms. The lowest BCUT2D eigenvalue weighted by atomic mass is 10.2. The number of benzene rings is 1. The zero-order valence-corrected chi connectivity index (χ0v) is 9.73. The Kier molecular flexibility index (Phi) is 3.83. The molecule has 0 radical (unpaired) electrons. The molecule has 1 saturated heterocycles. The molecule has 2 rings (SSSR count). The molecule has 0 saturated carbocycles. The van der Waals surface area contributed by atoms with Crippen molar-refractivity contribution in [3.05, 3.63) is 30.1 Å². The maximum atomic E-state index is 12.7. The monoisotopic (exact) mass is 239 g/mol. The molecule has 1 aliphatic heterocycles. The summed E-state index contributed by atoms with van der Waals surface area (Å²) < 4.78 is 12.7. The van der Waals surface area contributed by atoms with Crippen LogP contribution in [-0.2, 0) is 4.79 Å². The molecule has 4 heteroatoms. The van der Waals surface area contributed by atoms with Gasteiger partial charge in [0.05, 0.1) is 5.25 Å². The second-order valence-electron chi connectivity index (χ2n) is 3.85. The highest BCUT2D eigenvalue weighted by Crippen LogP contribution is 2.27. The van der Waals surface area contributed by atoms with Crippen LogP contribution in [0.15, 0.2) is 29.2 Å². The quantitative estimate of drug-likeness (QED) is 0.859. The van der Waals surface area contributed by atoms with Gasteiger partial charge in [-0.05, 0) is 37.1 Å². The molecule has 16 heavy (non-hydrogen) atoms. The molecule has 1 aromatic carbocycles. The van der Waals surface area contributed by atoms with Crippen molar-refractivity contribution in [1.29, 1.82) is 0 Å². The van der Waals surface area contributed by atoms with E-state index in [9.17, 15) is 9.18 Å². The number of carbonyl (C=O) groups is 1. The standard InChI is InChI=1S/C12H14FNOS/c13-9-4-6-10(7-5-9)16-11-3-1-2-8-14-12(11)15/h4-7,11H,1-3,8H2,(H,14,15). The fraction of sp³-hybridized carbons (Fsp3) is 0.417.